The molecule has 0 saturated carbocycles. The smallest absolute Gasteiger partial charge is 0.0982 e. The molecule has 2 N–H and O–H groups in total. The van der Waals surface area contributed by atoms with Crippen molar-refractivity contribution in [1.29, 1.82) is 0 Å². The number of hydrogen-bond donors (Lipinski definition) is 2. The Hall–Kier alpha value is -0.960. The molecule has 0 amide bonds. The highest BCUT2D eigenvalue weighted by molar-refractivity contribution is 4.93. The van der Waals surface area contributed by atoms with E-state index >= 15 is 0 Å². The maximum atomic E-state index is 9.04. The average molecular weight is 351 g/mol. The van der Waals surface area contributed by atoms with Crippen molar-refractivity contribution in [2.75, 3.05) is 13.2 Å². The Morgan fingerprint density at radius 1 is 0.880 bits per heavy atom. The molecular formula is C22H42N2O. The van der Waals surface area contributed by atoms with Gasteiger partial charge >= 0.3 is 0 Å². The molecule has 0 aromatic rings. The second-order valence-corrected chi connectivity index (χ2v) is 7.33. The van der Waals surface area contributed by atoms with Crippen LogP contribution in [0.4, 0.5) is 0 Å². The van der Waals surface area contributed by atoms with Crippen LogP contribution in [0.15, 0.2) is 24.6 Å². The summed E-state index contributed by atoms with van der Waals surface area (Å²) in [6.45, 7) is 3.24. The molecule has 0 fully saturated rings. The van der Waals surface area contributed by atoms with Gasteiger partial charge in [0.1, 0.15) is 0 Å². The number of nitrogens with zero attached hydrogens (tertiary/aromatic N) is 1. The zero-order valence-electron chi connectivity index (χ0n) is 16.6. The lowest BCUT2D eigenvalue weighted by Gasteiger charge is -2.24. The summed E-state index contributed by atoms with van der Waals surface area (Å²) in [7, 11) is 0. The Morgan fingerprint density at radius 3 is 2.12 bits per heavy atom. The van der Waals surface area contributed by atoms with Crippen molar-refractivity contribution in [2.45, 2.75) is 103 Å². The van der Waals surface area contributed by atoms with Crippen molar-refractivity contribution in [3.05, 3.63) is 24.6 Å². The first-order valence-corrected chi connectivity index (χ1v) is 10.8. The lowest BCUT2D eigenvalue weighted by atomic mass is 10.1. The number of aliphatic hydroxyl groups is 1. The van der Waals surface area contributed by atoms with Crippen LogP contribution in [0.5, 0.6) is 0 Å². The van der Waals surface area contributed by atoms with Crippen LogP contribution < -0.4 is 5.32 Å². The van der Waals surface area contributed by atoms with E-state index < -0.39 is 0 Å². The molecule has 146 valence electrons. The second kappa shape index (κ2) is 16.5. The number of allylic oxidation sites excluding steroid dienone is 2. The van der Waals surface area contributed by atoms with Crippen LogP contribution in [0.3, 0.4) is 0 Å². The summed E-state index contributed by atoms with van der Waals surface area (Å²) in [6, 6.07) is 0. The maximum Gasteiger partial charge on any atom is 0.0982 e. The van der Waals surface area contributed by atoms with Crippen molar-refractivity contribution in [3.8, 4) is 0 Å². The minimum absolute atomic E-state index is 0.233. The van der Waals surface area contributed by atoms with Gasteiger partial charge in [0.2, 0.25) is 0 Å². The molecule has 0 bridgehead atoms. The Balaban J connectivity index is 1.79. The first-order valence-electron chi connectivity index (χ1n) is 10.8. The van der Waals surface area contributed by atoms with Crippen molar-refractivity contribution < 1.29 is 5.11 Å². The highest BCUT2D eigenvalue weighted by Gasteiger charge is 2.16. The van der Waals surface area contributed by atoms with E-state index in [0.717, 1.165) is 6.54 Å². The fourth-order valence-corrected chi connectivity index (χ4v) is 3.45. The van der Waals surface area contributed by atoms with E-state index in [1.807, 2.05) is 6.20 Å². The number of nitrogens with one attached hydrogen (secondary N) is 1. The lowest BCUT2D eigenvalue weighted by Crippen LogP contribution is -2.36. The van der Waals surface area contributed by atoms with E-state index in [1.54, 1.807) is 0 Å². The molecule has 1 heterocycles. The Morgan fingerprint density at radius 2 is 1.48 bits per heavy atom. The first kappa shape index (κ1) is 22.1. The standard InChI is InChI=1S/C22H42N2O/c1-2-3-4-5-6-7-8-9-10-11-12-13-14-15-16-17-22-23-18-19-24(22)20-21-25/h7-8,18-19,22-23,25H,2-6,9-17,20-21H2,1H3/b8-7+. The summed E-state index contributed by atoms with van der Waals surface area (Å²) < 4.78 is 0. The van der Waals surface area contributed by atoms with Gasteiger partial charge in [0.15, 0.2) is 0 Å². The molecule has 0 radical (unpaired) electrons. The highest BCUT2D eigenvalue weighted by atomic mass is 16.3. The molecule has 25 heavy (non-hydrogen) atoms. The SMILES string of the molecule is CCCCCC/C=C/CCCCCCCCCC1NC=CN1CCO. The van der Waals surface area contributed by atoms with Crippen LogP contribution in [0.2, 0.25) is 0 Å². The van der Waals surface area contributed by atoms with Gasteiger partial charge in [0.05, 0.1) is 12.8 Å². The van der Waals surface area contributed by atoms with E-state index in [9.17, 15) is 0 Å². The third-order valence-corrected chi connectivity index (χ3v) is 5.05. The molecule has 1 unspecified atom stereocenters. The summed E-state index contributed by atoms with van der Waals surface area (Å²) >= 11 is 0. The van der Waals surface area contributed by atoms with Gasteiger partial charge in [-0.1, -0.05) is 70.4 Å². The molecule has 0 spiro atoms. The van der Waals surface area contributed by atoms with Gasteiger partial charge in [-0.05, 0) is 38.5 Å². The zero-order chi connectivity index (χ0) is 18.0. The van der Waals surface area contributed by atoms with Crippen LogP contribution in [0.25, 0.3) is 0 Å². The largest absolute Gasteiger partial charge is 0.395 e. The molecule has 0 aliphatic carbocycles. The number of β-amino-alcohol motifs (C(OH)–C–C–N with tert-alkyl or cyclic N) is 1. The maximum absolute atomic E-state index is 9.04. The van der Waals surface area contributed by atoms with E-state index in [1.165, 1.54) is 89.9 Å². The average Bonchev–Trinajstić information content (AvgIpc) is 3.06. The van der Waals surface area contributed by atoms with Crippen LogP contribution >= 0.6 is 0 Å². The van der Waals surface area contributed by atoms with Gasteiger partial charge in [-0.15, -0.1) is 0 Å². The summed E-state index contributed by atoms with van der Waals surface area (Å²) in [5.74, 6) is 0. The van der Waals surface area contributed by atoms with Gasteiger partial charge in [-0.2, -0.15) is 0 Å². The quantitative estimate of drug-likeness (QED) is 0.260. The minimum atomic E-state index is 0.233. The van der Waals surface area contributed by atoms with Crippen LogP contribution in [0, 0.1) is 0 Å². The number of aliphatic hydroxyl groups excluding tert-OH is 1. The summed E-state index contributed by atoms with van der Waals surface area (Å²) in [6.07, 6.45) is 28.0. The van der Waals surface area contributed by atoms with Crippen LogP contribution in [-0.4, -0.2) is 29.3 Å². The number of unbranched alkanes of at least 4 members (excludes halogenated alkanes) is 11. The van der Waals surface area contributed by atoms with Crippen LogP contribution in [-0.2, 0) is 0 Å². The third kappa shape index (κ3) is 12.1. The van der Waals surface area contributed by atoms with Gasteiger partial charge in [-0.25, -0.2) is 0 Å². The minimum Gasteiger partial charge on any atom is -0.395 e. The van der Waals surface area contributed by atoms with Gasteiger partial charge in [0.25, 0.3) is 0 Å². The van der Waals surface area contributed by atoms with Crippen molar-refractivity contribution in [2.24, 2.45) is 0 Å². The zero-order valence-corrected chi connectivity index (χ0v) is 16.6. The van der Waals surface area contributed by atoms with Crippen LogP contribution in [0.1, 0.15) is 96.8 Å². The molecule has 1 aliphatic rings. The Labute approximate surface area is 156 Å². The van der Waals surface area contributed by atoms with Crippen molar-refractivity contribution >= 4 is 0 Å². The Kier molecular flexibility index (Phi) is 14.6. The number of hydrogen-bond acceptors (Lipinski definition) is 3. The molecule has 0 saturated heterocycles. The predicted molar refractivity (Wildman–Crippen MR) is 109 cm³/mol. The van der Waals surface area contributed by atoms with Gasteiger partial charge in [-0.3, -0.25) is 0 Å². The molecule has 0 aromatic heterocycles. The lowest BCUT2D eigenvalue weighted by molar-refractivity contribution is 0.194. The topological polar surface area (TPSA) is 35.5 Å². The molecular weight excluding hydrogens is 308 g/mol. The van der Waals surface area contributed by atoms with E-state index in [2.05, 4.69) is 35.5 Å². The van der Waals surface area contributed by atoms with E-state index in [4.69, 9.17) is 5.11 Å². The van der Waals surface area contributed by atoms with Crippen molar-refractivity contribution in [1.82, 2.24) is 10.2 Å². The molecule has 1 aliphatic heterocycles. The van der Waals surface area contributed by atoms with E-state index in [-0.39, 0.29) is 6.61 Å². The highest BCUT2D eigenvalue weighted by Crippen LogP contribution is 2.14. The van der Waals surface area contributed by atoms with E-state index in [0.29, 0.717) is 6.17 Å². The third-order valence-electron chi connectivity index (χ3n) is 5.05. The molecule has 1 rings (SSSR count). The summed E-state index contributed by atoms with van der Waals surface area (Å²) in [5, 5.41) is 12.4. The van der Waals surface area contributed by atoms with Crippen molar-refractivity contribution in [3.63, 3.8) is 0 Å². The molecule has 1 atom stereocenters. The Bertz CT molecular complexity index is 341. The summed E-state index contributed by atoms with van der Waals surface area (Å²) in [5.41, 5.74) is 0. The summed E-state index contributed by atoms with van der Waals surface area (Å²) in [4.78, 5) is 2.21. The van der Waals surface area contributed by atoms with Gasteiger partial charge in [0, 0.05) is 18.9 Å². The number of rotatable bonds is 17. The molecule has 3 nitrogen and oxygen atoms in total. The predicted octanol–water partition coefficient (Wildman–Crippen LogP) is 5.72. The normalized spacial score (nSPS) is 16.9. The first-order chi connectivity index (χ1) is 12.4. The molecule has 3 heteroatoms. The second-order valence-electron chi connectivity index (χ2n) is 7.33. The molecule has 0 aromatic carbocycles. The monoisotopic (exact) mass is 350 g/mol. The van der Waals surface area contributed by atoms with Gasteiger partial charge < -0.3 is 15.3 Å². The fraction of sp³-hybridized carbons (Fsp3) is 0.818. The fourth-order valence-electron chi connectivity index (χ4n) is 3.45.